The first-order chi connectivity index (χ1) is 10.5. The molecule has 0 spiro atoms. The fourth-order valence-corrected chi connectivity index (χ4v) is 5.59. The maximum atomic E-state index is 12.1. The van der Waals surface area contributed by atoms with Gasteiger partial charge in [0.05, 0.1) is 11.2 Å². The van der Waals surface area contributed by atoms with Gasteiger partial charge in [-0.1, -0.05) is 20.4 Å². The van der Waals surface area contributed by atoms with Gasteiger partial charge in [-0.15, -0.1) is 0 Å². The largest absolute Gasteiger partial charge is 0.456 e. The normalized spacial score (nSPS) is 47.2. The Balaban J connectivity index is 1.81. The second-order valence-electron chi connectivity index (χ2n) is 8.09. The van der Waals surface area contributed by atoms with Crippen molar-refractivity contribution in [3.8, 4) is 0 Å². The predicted molar refractivity (Wildman–Crippen MR) is 80.2 cm³/mol. The Morgan fingerprint density at radius 3 is 2.52 bits per heavy atom. The zero-order chi connectivity index (χ0) is 17.1. The third-order valence-corrected chi connectivity index (χ3v) is 5.89. The lowest BCUT2D eigenvalue weighted by Gasteiger charge is -2.68. The lowest BCUT2D eigenvalue weighted by Crippen LogP contribution is -2.74. The zero-order valence-corrected chi connectivity index (χ0v) is 13.6. The summed E-state index contributed by atoms with van der Waals surface area (Å²) in [6, 6.07) is 0. The van der Waals surface area contributed by atoms with Gasteiger partial charge in [-0.05, 0) is 24.7 Å². The summed E-state index contributed by atoms with van der Waals surface area (Å²) in [5, 5.41) is 21.8. The minimum Gasteiger partial charge on any atom is -0.456 e. The maximum Gasteiger partial charge on any atom is 0.344 e. The molecule has 5 unspecified atom stereocenters. The first-order valence-electron chi connectivity index (χ1n) is 8.00. The summed E-state index contributed by atoms with van der Waals surface area (Å²) < 4.78 is 10.4. The van der Waals surface area contributed by atoms with Crippen molar-refractivity contribution in [1.29, 1.82) is 0 Å². The van der Waals surface area contributed by atoms with Crippen LogP contribution in [0.25, 0.3) is 0 Å². The summed E-state index contributed by atoms with van der Waals surface area (Å²) in [6.07, 6.45) is 3.44. The molecule has 4 bridgehead atoms. The highest BCUT2D eigenvalue weighted by Gasteiger charge is 2.71. The molecule has 5 atom stereocenters. The molecular weight excluding hydrogens is 300 g/mol. The Hall–Kier alpha value is -1.40. The van der Waals surface area contributed by atoms with Crippen LogP contribution in [0.2, 0.25) is 0 Å². The van der Waals surface area contributed by atoms with Gasteiger partial charge < -0.3 is 19.7 Å². The second kappa shape index (κ2) is 4.80. The van der Waals surface area contributed by atoms with Gasteiger partial charge >= 0.3 is 11.9 Å². The molecule has 4 aliphatic rings. The van der Waals surface area contributed by atoms with Crippen LogP contribution in [0.1, 0.15) is 46.0 Å². The highest BCUT2D eigenvalue weighted by molar-refractivity contribution is 5.83. The molecule has 4 saturated carbocycles. The van der Waals surface area contributed by atoms with Crippen molar-refractivity contribution in [2.75, 3.05) is 6.61 Å². The van der Waals surface area contributed by atoms with Gasteiger partial charge in [0.15, 0.2) is 6.61 Å². The molecule has 0 aromatic carbocycles. The van der Waals surface area contributed by atoms with Crippen LogP contribution in [0.3, 0.4) is 0 Å². The van der Waals surface area contributed by atoms with Gasteiger partial charge in [0.25, 0.3) is 0 Å². The number of hydrogen-bond acceptors (Lipinski definition) is 6. The van der Waals surface area contributed by atoms with E-state index in [0.29, 0.717) is 32.1 Å². The van der Waals surface area contributed by atoms with E-state index < -0.39 is 35.3 Å². The van der Waals surface area contributed by atoms with Gasteiger partial charge in [-0.2, -0.15) is 0 Å². The third kappa shape index (κ3) is 2.58. The third-order valence-electron chi connectivity index (χ3n) is 5.89. The van der Waals surface area contributed by atoms with Crippen LogP contribution in [0.4, 0.5) is 0 Å². The summed E-state index contributed by atoms with van der Waals surface area (Å²) >= 11 is 0. The van der Waals surface area contributed by atoms with E-state index in [-0.39, 0.29) is 11.3 Å². The molecule has 0 heterocycles. The summed E-state index contributed by atoms with van der Waals surface area (Å²) in [7, 11) is 0. The van der Waals surface area contributed by atoms with Crippen molar-refractivity contribution >= 4 is 11.9 Å². The molecule has 0 saturated heterocycles. The number of carbonyl (C=O) groups excluding carboxylic acids is 2. The summed E-state index contributed by atoms with van der Waals surface area (Å²) in [5.41, 5.74) is -3.21. The van der Waals surface area contributed by atoms with E-state index in [0.717, 1.165) is 6.08 Å². The van der Waals surface area contributed by atoms with Crippen molar-refractivity contribution in [3.05, 3.63) is 12.7 Å². The van der Waals surface area contributed by atoms with Crippen molar-refractivity contribution < 1.29 is 29.3 Å². The van der Waals surface area contributed by atoms with Crippen molar-refractivity contribution in [2.24, 2.45) is 11.3 Å². The Morgan fingerprint density at radius 2 is 1.91 bits per heavy atom. The Labute approximate surface area is 135 Å². The molecule has 0 aromatic rings. The second-order valence-corrected chi connectivity index (χ2v) is 8.09. The number of carbonyl (C=O) groups is 2. The minimum absolute atomic E-state index is 0.259. The monoisotopic (exact) mass is 324 g/mol. The topological polar surface area (TPSA) is 93.1 Å². The first kappa shape index (κ1) is 16.5. The van der Waals surface area contributed by atoms with Crippen molar-refractivity contribution in [3.63, 3.8) is 0 Å². The van der Waals surface area contributed by atoms with Crippen LogP contribution in [-0.2, 0) is 19.1 Å². The lowest BCUT2D eigenvalue weighted by molar-refractivity contribution is -0.309. The molecule has 6 nitrogen and oxygen atoms in total. The van der Waals surface area contributed by atoms with Gasteiger partial charge in [-0.3, -0.25) is 0 Å². The molecule has 6 heteroatoms. The van der Waals surface area contributed by atoms with Crippen LogP contribution in [0, 0.1) is 11.3 Å². The van der Waals surface area contributed by atoms with Crippen LogP contribution >= 0.6 is 0 Å². The smallest absolute Gasteiger partial charge is 0.344 e. The average molecular weight is 324 g/mol. The van der Waals surface area contributed by atoms with E-state index in [1.54, 1.807) is 0 Å². The van der Waals surface area contributed by atoms with Crippen LogP contribution in [0.5, 0.6) is 0 Å². The molecule has 4 fully saturated rings. The number of rotatable bonds is 4. The van der Waals surface area contributed by atoms with Crippen molar-refractivity contribution in [1.82, 2.24) is 0 Å². The van der Waals surface area contributed by atoms with Crippen LogP contribution in [-0.4, -0.2) is 45.6 Å². The highest BCUT2D eigenvalue weighted by atomic mass is 16.6. The molecule has 0 amide bonds. The van der Waals surface area contributed by atoms with Crippen LogP contribution < -0.4 is 0 Å². The predicted octanol–water partition coefficient (Wildman–Crippen LogP) is 1.09. The molecule has 0 aromatic heterocycles. The van der Waals surface area contributed by atoms with Gasteiger partial charge in [0, 0.05) is 24.8 Å². The summed E-state index contributed by atoms with van der Waals surface area (Å²) in [5.74, 6) is -1.63. The molecule has 23 heavy (non-hydrogen) atoms. The van der Waals surface area contributed by atoms with E-state index in [1.165, 1.54) is 0 Å². The average Bonchev–Trinajstić information content (AvgIpc) is 2.38. The van der Waals surface area contributed by atoms with E-state index in [9.17, 15) is 19.8 Å². The Kier molecular flexibility index (Phi) is 3.44. The van der Waals surface area contributed by atoms with E-state index in [1.807, 2.05) is 13.8 Å². The molecule has 0 radical (unpaired) electrons. The van der Waals surface area contributed by atoms with Crippen LogP contribution in [0.15, 0.2) is 12.7 Å². The number of aliphatic hydroxyl groups is 2. The zero-order valence-electron chi connectivity index (χ0n) is 13.6. The molecule has 2 N–H and O–H groups in total. The molecular formula is C17H24O6. The number of ether oxygens (including phenoxy) is 2. The van der Waals surface area contributed by atoms with E-state index in [4.69, 9.17) is 9.47 Å². The quantitative estimate of drug-likeness (QED) is 0.594. The fourth-order valence-electron chi connectivity index (χ4n) is 5.59. The molecule has 0 aliphatic heterocycles. The lowest BCUT2D eigenvalue weighted by atomic mass is 9.42. The van der Waals surface area contributed by atoms with E-state index in [2.05, 4.69) is 6.58 Å². The molecule has 4 rings (SSSR count). The summed E-state index contributed by atoms with van der Waals surface area (Å²) in [4.78, 5) is 23.2. The van der Waals surface area contributed by atoms with E-state index >= 15 is 0 Å². The maximum absolute atomic E-state index is 12.1. The van der Waals surface area contributed by atoms with Gasteiger partial charge in [0.1, 0.15) is 5.60 Å². The number of esters is 2. The SMILES string of the molecule is C=CC(=O)OCC(=O)OC12CC3(C)CC(O)(CC(O)(C3)C1C)C2. The number of hydrogen-bond donors (Lipinski definition) is 2. The molecule has 4 aliphatic carbocycles. The standard InChI is InChI=1S/C17H24O6/c1-4-12(18)22-5-13(19)23-17-8-14(3)6-15(20,10-17)9-16(21,7-14)11(17)2/h4,11,20-21H,1,5-10H2,2-3H3. The summed E-state index contributed by atoms with van der Waals surface area (Å²) in [6.45, 7) is 6.66. The highest BCUT2D eigenvalue weighted by Crippen LogP contribution is 2.67. The fraction of sp³-hybridized carbons (Fsp3) is 0.765. The molecule has 128 valence electrons. The first-order valence-corrected chi connectivity index (χ1v) is 8.00. The van der Waals surface area contributed by atoms with Gasteiger partial charge in [0.2, 0.25) is 0 Å². The Morgan fingerprint density at radius 1 is 1.22 bits per heavy atom. The van der Waals surface area contributed by atoms with Gasteiger partial charge in [-0.25, -0.2) is 9.59 Å². The minimum atomic E-state index is -1.03. The Bertz CT molecular complexity index is 549. The van der Waals surface area contributed by atoms with Crippen molar-refractivity contribution in [2.45, 2.75) is 62.8 Å².